The van der Waals surface area contributed by atoms with E-state index in [0.717, 1.165) is 25.9 Å². The number of hydrogen-bond acceptors (Lipinski definition) is 6. The van der Waals surface area contributed by atoms with Crippen LogP contribution in [0.1, 0.15) is 23.2 Å². The summed E-state index contributed by atoms with van der Waals surface area (Å²) in [6.07, 6.45) is 2.13. The average Bonchev–Trinajstić information content (AvgIpc) is 2.53. The number of nitrogens with zero attached hydrogens (tertiary/aromatic N) is 2. The molecule has 1 heterocycles. The van der Waals surface area contributed by atoms with Crippen molar-refractivity contribution in [2.75, 3.05) is 39.1 Å². The van der Waals surface area contributed by atoms with Crippen molar-refractivity contribution < 1.29 is 14.5 Å². The van der Waals surface area contributed by atoms with Crippen LogP contribution in [0.4, 0.5) is 11.4 Å². The van der Waals surface area contributed by atoms with E-state index in [-0.39, 0.29) is 5.69 Å². The number of nitro groups is 1. The number of rotatable bonds is 5. The zero-order valence-electron chi connectivity index (χ0n) is 12.9. The SMILES string of the molecule is COC(=O)c1ccc([N+](=O)[O-])c(NCC2CCN(C)CC2)c1. The first-order chi connectivity index (χ1) is 10.5. The molecule has 0 aliphatic carbocycles. The van der Waals surface area contributed by atoms with E-state index < -0.39 is 10.9 Å². The van der Waals surface area contributed by atoms with E-state index in [1.165, 1.54) is 25.3 Å². The van der Waals surface area contributed by atoms with Crippen LogP contribution in [0.25, 0.3) is 0 Å². The Kier molecular flexibility index (Phi) is 5.32. The molecule has 0 radical (unpaired) electrons. The molecule has 1 fully saturated rings. The van der Waals surface area contributed by atoms with E-state index in [1.54, 1.807) is 0 Å². The molecule has 120 valence electrons. The first-order valence-electron chi connectivity index (χ1n) is 7.30. The van der Waals surface area contributed by atoms with Gasteiger partial charge < -0.3 is 15.0 Å². The first-order valence-corrected chi connectivity index (χ1v) is 7.30. The molecule has 0 amide bonds. The van der Waals surface area contributed by atoms with Crippen molar-refractivity contribution in [3.05, 3.63) is 33.9 Å². The summed E-state index contributed by atoms with van der Waals surface area (Å²) in [7, 11) is 3.38. The smallest absolute Gasteiger partial charge is 0.337 e. The Morgan fingerprint density at radius 3 is 2.73 bits per heavy atom. The van der Waals surface area contributed by atoms with Crippen LogP contribution in [0.3, 0.4) is 0 Å². The summed E-state index contributed by atoms with van der Waals surface area (Å²) in [5, 5.41) is 14.2. The molecule has 0 unspecified atom stereocenters. The van der Waals surface area contributed by atoms with Gasteiger partial charge >= 0.3 is 5.97 Å². The van der Waals surface area contributed by atoms with E-state index in [2.05, 4.69) is 22.0 Å². The van der Waals surface area contributed by atoms with Crippen molar-refractivity contribution in [3.63, 3.8) is 0 Å². The molecule has 0 aromatic heterocycles. The van der Waals surface area contributed by atoms with Crippen LogP contribution >= 0.6 is 0 Å². The van der Waals surface area contributed by atoms with E-state index in [4.69, 9.17) is 0 Å². The Labute approximate surface area is 129 Å². The third kappa shape index (κ3) is 3.94. The van der Waals surface area contributed by atoms with Gasteiger partial charge in [0.05, 0.1) is 17.6 Å². The van der Waals surface area contributed by atoms with Gasteiger partial charge in [-0.2, -0.15) is 0 Å². The molecule has 1 aromatic rings. The summed E-state index contributed by atoms with van der Waals surface area (Å²) < 4.78 is 4.66. The summed E-state index contributed by atoms with van der Waals surface area (Å²) in [5.41, 5.74) is 0.645. The van der Waals surface area contributed by atoms with Gasteiger partial charge in [-0.05, 0) is 51.0 Å². The maximum atomic E-state index is 11.6. The summed E-state index contributed by atoms with van der Waals surface area (Å²) in [6, 6.07) is 4.23. The van der Waals surface area contributed by atoms with Gasteiger partial charge in [0.15, 0.2) is 0 Å². The Bertz CT molecular complexity index is 554. The van der Waals surface area contributed by atoms with Gasteiger partial charge in [-0.25, -0.2) is 4.79 Å². The van der Waals surface area contributed by atoms with Crippen molar-refractivity contribution in [1.82, 2.24) is 4.90 Å². The van der Waals surface area contributed by atoms with E-state index >= 15 is 0 Å². The minimum absolute atomic E-state index is 0.0272. The molecule has 1 aliphatic rings. The van der Waals surface area contributed by atoms with Crippen LogP contribution in [0.2, 0.25) is 0 Å². The van der Waals surface area contributed by atoms with Crippen LogP contribution < -0.4 is 5.32 Å². The number of ether oxygens (including phenoxy) is 1. The fourth-order valence-corrected chi connectivity index (χ4v) is 2.60. The second kappa shape index (κ2) is 7.22. The molecule has 0 saturated carbocycles. The normalized spacial score (nSPS) is 16.3. The summed E-state index contributed by atoms with van der Waals surface area (Å²) in [6.45, 7) is 2.74. The number of methoxy groups -OCH3 is 1. The zero-order valence-corrected chi connectivity index (χ0v) is 12.9. The Hall–Kier alpha value is -2.15. The highest BCUT2D eigenvalue weighted by molar-refractivity contribution is 5.91. The number of likely N-dealkylation sites (tertiary alicyclic amines) is 1. The molecule has 22 heavy (non-hydrogen) atoms. The molecule has 0 bridgehead atoms. The molecule has 1 N–H and O–H groups in total. The molecule has 0 spiro atoms. The Morgan fingerprint density at radius 1 is 1.45 bits per heavy atom. The average molecular weight is 307 g/mol. The fraction of sp³-hybridized carbons (Fsp3) is 0.533. The highest BCUT2D eigenvalue weighted by atomic mass is 16.6. The van der Waals surface area contributed by atoms with Gasteiger partial charge in [0.1, 0.15) is 5.69 Å². The molecule has 2 rings (SSSR count). The molecular weight excluding hydrogens is 286 g/mol. The fourth-order valence-electron chi connectivity index (χ4n) is 2.60. The standard InChI is InChI=1S/C15H21N3O4/c1-17-7-5-11(6-8-17)10-16-13-9-12(15(19)22-2)3-4-14(13)18(20)21/h3-4,9,11,16H,5-8,10H2,1-2H3. The minimum atomic E-state index is -0.503. The van der Waals surface area contributed by atoms with Crippen molar-refractivity contribution in [2.45, 2.75) is 12.8 Å². The lowest BCUT2D eigenvalue weighted by atomic mass is 9.97. The number of nitro benzene ring substituents is 1. The third-order valence-electron chi connectivity index (χ3n) is 4.03. The second-order valence-corrected chi connectivity index (χ2v) is 5.61. The number of anilines is 1. The van der Waals surface area contributed by atoms with Crippen LogP contribution in [-0.2, 0) is 4.74 Å². The number of benzene rings is 1. The van der Waals surface area contributed by atoms with Gasteiger partial charge in [0.2, 0.25) is 0 Å². The lowest BCUT2D eigenvalue weighted by Crippen LogP contribution is -2.33. The van der Waals surface area contributed by atoms with E-state index in [9.17, 15) is 14.9 Å². The number of nitrogens with one attached hydrogen (secondary N) is 1. The van der Waals surface area contributed by atoms with Gasteiger partial charge in [-0.3, -0.25) is 10.1 Å². The van der Waals surface area contributed by atoms with Gasteiger partial charge in [-0.1, -0.05) is 0 Å². The predicted octanol–water partition coefficient (Wildman–Crippen LogP) is 2.14. The van der Waals surface area contributed by atoms with Gasteiger partial charge in [0.25, 0.3) is 5.69 Å². The molecule has 1 aromatic carbocycles. The minimum Gasteiger partial charge on any atom is -0.465 e. The molecule has 1 aliphatic heterocycles. The Balaban J connectivity index is 2.09. The quantitative estimate of drug-likeness (QED) is 0.509. The monoisotopic (exact) mass is 307 g/mol. The molecule has 7 nitrogen and oxygen atoms in total. The first kappa shape index (κ1) is 16.2. The highest BCUT2D eigenvalue weighted by Gasteiger charge is 2.20. The Morgan fingerprint density at radius 2 is 2.14 bits per heavy atom. The zero-order chi connectivity index (χ0) is 16.1. The topological polar surface area (TPSA) is 84.7 Å². The van der Waals surface area contributed by atoms with Crippen molar-refractivity contribution >= 4 is 17.3 Å². The summed E-state index contributed by atoms with van der Waals surface area (Å²) in [4.78, 5) is 24.5. The van der Waals surface area contributed by atoms with Crippen LogP contribution in [0.15, 0.2) is 18.2 Å². The number of carbonyl (C=O) groups is 1. The molecule has 1 saturated heterocycles. The summed E-state index contributed by atoms with van der Waals surface area (Å²) >= 11 is 0. The highest BCUT2D eigenvalue weighted by Crippen LogP contribution is 2.27. The van der Waals surface area contributed by atoms with Gasteiger partial charge in [-0.15, -0.1) is 0 Å². The van der Waals surface area contributed by atoms with Crippen molar-refractivity contribution in [3.8, 4) is 0 Å². The van der Waals surface area contributed by atoms with Crippen LogP contribution in [-0.4, -0.2) is 49.6 Å². The van der Waals surface area contributed by atoms with Crippen molar-refractivity contribution in [2.24, 2.45) is 5.92 Å². The predicted molar refractivity (Wildman–Crippen MR) is 83.1 cm³/mol. The second-order valence-electron chi connectivity index (χ2n) is 5.61. The number of esters is 1. The number of piperidine rings is 1. The maximum Gasteiger partial charge on any atom is 0.337 e. The van der Waals surface area contributed by atoms with E-state index in [1.807, 2.05) is 0 Å². The van der Waals surface area contributed by atoms with Crippen LogP contribution in [0, 0.1) is 16.0 Å². The number of hydrogen-bond donors (Lipinski definition) is 1. The molecule has 0 atom stereocenters. The maximum absolute atomic E-state index is 11.6. The number of carbonyl (C=O) groups excluding carboxylic acids is 1. The lowest BCUT2D eigenvalue weighted by molar-refractivity contribution is -0.384. The lowest BCUT2D eigenvalue weighted by Gasteiger charge is -2.29. The molecular formula is C15H21N3O4. The molecule has 7 heteroatoms. The van der Waals surface area contributed by atoms with Crippen LogP contribution in [0.5, 0.6) is 0 Å². The summed E-state index contributed by atoms with van der Waals surface area (Å²) in [5.74, 6) is -0.0187. The van der Waals surface area contributed by atoms with E-state index in [0.29, 0.717) is 23.7 Å². The van der Waals surface area contributed by atoms with Gasteiger partial charge in [0, 0.05) is 12.6 Å². The third-order valence-corrected chi connectivity index (χ3v) is 4.03. The van der Waals surface area contributed by atoms with Crippen molar-refractivity contribution in [1.29, 1.82) is 0 Å². The largest absolute Gasteiger partial charge is 0.465 e.